The molecule has 1 fully saturated rings. The zero-order valence-corrected chi connectivity index (χ0v) is 17.4. The van der Waals surface area contributed by atoms with Crippen LogP contribution in [0.4, 0.5) is 14.5 Å². The lowest BCUT2D eigenvalue weighted by molar-refractivity contribution is -0.119. The third-order valence-corrected chi connectivity index (χ3v) is 6.28. The first-order valence-corrected chi connectivity index (χ1v) is 10.7. The number of likely N-dealkylation sites (tertiary alicyclic amines) is 1. The maximum absolute atomic E-state index is 14.8. The van der Waals surface area contributed by atoms with Crippen molar-refractivity contribution in [3.63, 3.8) is 0 Å². The first-order valence-electron chi connectivity index (χ1n) is 10.7. The van der Waals surface area contributed by atoms with Crippen LogP contribution in [0.5, 0.6) is 0 Å². The van der Waals surface area contributed by atoms with Gasteiger partial charge in [-0.3, -0.25) is 9.69 Å². The van der Waals surface area contributed by atoms with Crippen molar-refractivity contribution in [3.8, 4) is 0 Å². The van der Waals surface area contributed by atoms with Crippen LogP contribution in [0.3, 0.4) is 0 Å². The molecule has 0 bridgehead atoms. The fraction of sp³-hybridized carbons (Fsp3) is 0.458. The van der Waals surface area contributed by atoms with Crippen molar-refractivity contribution in [3.05, 3.63) is 65.0 Å². The lowest BCUT2D eigenvalue weighted by atomic mass is 10.0. The molecule has 30 heavy (non-hydrogen) atoms. The second-order valence-corrected chi connectivity index (χ2v) is 8.35. The molecule has 2 aliphatic heterocycles. The molecule has 1 unspecified atom stereocenters. The van der Waals surface area contributed by atoms with Crippen molar-refractivity contribution < 1.29 is 13.6 Å². The minimum Gasteiger partial charge on any atom is -0.368 e. The highest BCUT2D eigenvalue weighted by molar-refractivity contribution is 5.73. The van der Waals surface area contributed by atoms with E-state index in [1.165, 1.54) is 30.3 Å². The van der Waals surface area contributed by atoms with Crippen LogP contribution in [0.25, 0.3) is 0 Å². The zero-order valence-electron chi connectivity index (χ0n) is 17.4. The largest absolute Gasteiger partial charge is 0.368 e. The van der Waals surface area contributed by atoms with Crippen LogP contribution in [0, 0.1) is 5.82 Å². The van der Waals surface area contributed by atoms with E-state index in [-0.39, 0.29) is 11.7 Å². The molecule has 1 N–H and O–H groups in total. The smallest absolute Gasteiger partial charge is 0.217 e. The summed E-state index contributed by atoms with van der Waals surface area (Å²) in [6.45, 7) is 4.52. The number of alkyl halides is 1. The van der Waals surface area contributed by atoms with Gasteiger partial charge in [0.05, 0.1) is 0 Å². The van der Waals surface area contributed by atoms with Gasteiger partial charge in [0.15, 0.2) is 6.30 Å². The highest BCUT2D eigenvalue weighted by Crippen LogP contribution is 2.34. The Morgan fingerprint density at radius 2 is 1.80 bits per heavy atom. The summed E-state index contributed by atoms with van der Waals surface area (Å²) in [6.07, 6.45) is 2.15. The second kappa shape index (κ2) is 9.13. The molecule has 160 valence electrons. The van der Waals surface area contributed by atoms with Gasteiger partial charge in [-0.15, -0.1) is 0 Å². The van der Waals surface area contributed by atoms with E-state index in [1.807, 2.05) is 4.90 Å². The van der Waals surface area contributed by atoms with Gasteiger partial charge in [-0.25, -0.2) is 8.78 Å². The first kappa shape index (κ1) is 20.8. The summed E-state index contributed by atoms with van der Waals surface area (Å²) in [6, 6.07) is 13.0. The van der Waals surface area contributed by atoms with Gasteiger partial charge in [0.1, 0.15) is 5.82 Å². The van der Waals surface area contributed by atoms with Gasteiger partial charge in [-0.2, -0.15) is 0 Å². The summed E-state index contributed by atoms with van der Waals surface area (Å²) >= 11 is 0. The zero-order chi connectivity index (χ0) is 21.1. The molecule has 4 rings (SSSR count). The quantitative estimate of drug-likeness (QED) is 0.732. The molecule has 6 heteroatoms. The maximum Gasteiger partial charge on any atom is 0.217 e. The van der Waals surface area contributed by atoms with Gasteiger partial charge in [0, 0.05) is 51.3 Å². The third kappa shape index (κ3) is 4.81. The number of benzene rings is 2. The summed E-state index contributed by atoms with van der Waals surface area (Å²) in [5.41, 5.74) is 4.55. The number of nitrogens with one attached hydrogen (secondary N) is 1. The molecule has 0 radical (unpaired) electrons. The summed E-state index contributed by atoms with van der Waals surface area (Å²) in [5, 5.41) is 2.86. The number of carbonyl (C=O) groups is 1. The number of fused-ring (bicyclic) bond motifs is 1. The molecule has 1 atom stereocenters. The lowest BCUT2D eigenvalue weighted by Gasteiger charge is -2.39. The lowest BCUT2D eigenvalue weighted by Crippen LogP contribution is -2.47. The van der Waals surface area contributed by atoms with Crippen LogP contribution in [0.1, 0.15) is 36.5 Å². The van der Waals surface area contributed by atoms with Gasteiger partial charge in [-0.05, 0) is 54.2 Å². The molecular formula is C24H29F2N3O. The van der Waals surface area contributed by atoms with E-state index < -0.39 is 6.30 Å². The van der Waals surface area contributed by atoms with E-state index >= 15 is 0 Å². The van der Waals surface area contributed by atoms with Crippen molar-refractivity contribution in [2.45, 2.75) is 51.5 Å². The molecule has 1 amide bonds. The molecule has 0 aliphatic carbocycles. The Kier molecular flexibility index (Phi) is 6.32. The van der Waals surface area contributed by atoms with Crippen LogP contribution in [0.2, 0.25) is 0 Å². The Labute approximate surface area is 176 Å². The topological polar surface area (TPSA) is 35.6 Å². The molecule has 0 spiro atoms. The number of piperidine rings is 1. The highest BCUT2D eigenvalue weighted by Gasteiger charge is 2.31. The molecule has 2 aromatic carbocycles. The average Bonchev–Trinajstić information content (AvgIpc) is 3.17. The number of hydrogen-bond donors (Lipinski definition) is 1. The number of rotatable bonds is 6. The molecule has 2 aromatic rings. The van der Waals surface area contributed by atoms with E-state index in [2.05, 4.69) is 28.4 Å². The number of halogens is 2. The van der Waals surface area contributed by atoms with Gasteiger partial charge in [-0.1, -0.05) is 24.3 Å². The van der Waals surface area contributed by atoms with Crippen LogP contribution in [0.15, 0.2) is 42.5 Å². The third-order valence-electron chi connectivity index (χ3n) is 6.28. The molecule has 2 heterocycles. The number of nitrogens with zero attached hydrogens (tertiary/aromatic N) is 2. The van der Waals surface area contributed by atoms with Crippen molar-refractivity contribution >= 4 is 11.6 Å². The van der Waals surface area contributed by atoms with Crippen LogP contribution in [-0.4, -0.2) is 42.8 Å². The molecule has 0 saturated carbocycles. The predicted octanol–water partition coefficient (Wildman–Crippen LogP) is 3.83. The van der Waals surface area contributed by atoms with E-state index in [0.717, 1.165) is 50.0 Å². The molecule has 0 aromatic heterocycles. The maximum atomic E-state index is 14.8. The second-order valence-electron chi connectivity index (χ2n) is 8.35. The monoisotopic (exact) mass is 413 g/mol. The predicted molar refractivity (Wildman–Crippen MR) is 115 cm³/mol. The summed E-state index contributed by atoms with van der Waals surface area (Å²) < 4.78 is 27.9. The average molecular weight is 414 g/mol. The minimum atomic E-state index is -1.04. The van der Waals surface area contributed by atoms with Gasteiger partial charge in [0.2, 0.25) is 5.91 Å². The van der Waals surface area contributed by atoms with Crippen molar-refractivity contribution in [2.24, 2.45) is 0 Å². The van der Waals surface area contributed by atoms with Gasteiger partial charge < -0.3 is 10.2 Å². The number of carbonyl (C=O) groups excluding carboxylic acids is 1. The van der Waals surface area contributed by atoms with E-state index in [4.69, 9.17) is 0 Å². The number of anilines is 1. The molecule has 1 saturated heterocycles. The van der Waals surface area contributed by atoms with Crippen LogP contribution in [-0.2, 0) is 24.2 Å². The van der Waals surface area contributed by atoms with E-state index in [1.54, 1.807) is 12.1 Å². The van der Waals surface area contributed by atoms with Gasteiger partial charge in [0.25, 0.3) is 0 Å². The molecular weight excluding hydrogens is 384 g/mol. The standard InChI is InChI=1S/C24H29F2N3O/c1-17(30)27-16-19-2-5-20-8-13-29(23(20)14-19)22-9-11-28(12-10-22)24(26)15-18-3-6-21(25)7-4-18/h2-7,14,22,24H,8-13,15-16H2,1H3,(H,27,30). The van der Waals surface area contributed by atoms with Crippen LogP contribution >= 0.6 is 0 Å². The Balaban J connectivity index is 1.34. The van der Waals surface area contributed by atoms with E-state index in [0.29, 0.717) is 19.0 Å². The normalized spacial score (nSPS) is 18.3. The summed E-state index contributed by atoms with van der Waals surface area (Å²) in [7, 11) is 0. The number of hydrogen-bond acceptors (Lipinski definition) is 3. The Hall–Kier alpha value is -2.47. The van der Waals surface area contributed by atoms with E-state index in [9.17, 15) is 13.6 Å². The van der Waals surface area contributed by atoms with Crippen LogP contribution < -0.4 is 10.2 Å². The molecule has 2 aliphatic rings. The van der Waals surface area contributed by atoms with Crippen molar-refractivity contribution in [1.29, 1.82) is 0 Å². The fourth-order valence-corrected chi connectivity index (χ4v) is 4.59. The highest BCUT2D eigenvalue weighted by atomic mass is 19.1. The summed E-state index contributed by atoms with van der Waals surface area (Å²) in [5.74, 6) is -0.317. The first-order chi connectivity index (χ1) is 14.5. The summed E-state index contributed by atoms with van der Waals surface area (Å²) in [4.78, 5) is 15.6. The Morgan fingerprint density at radius 3 is 2.50 bits per heavy atom. The molecule has 4 nitrogen and oxygen atoms in total. The Bertz CT molecular complexity index is 879. The van der Waals surface area contributed by atoms with Crippen molar-refractivity contribution in [2.75, 3.05) is 24.5 Å². The fourth-order valence-electron chi connectivity index (χ4n) is 4.59. The minimum absolute atomic E-state index is 0.0267. The SMILES string of the molecule is CC(=O)NCc1ccc2c(c1)N(C1CCN(C(F)Cc3ccc(F)cc3)CC1)CC2. The Morgan fingerprint density at radius 1 is 1.10 bits per heavy atom. The van der Waals surface area contributed by atoms with Crippen molar-refractivity contribution in [1.82, 2.24) is 10.2 Å². The number of amides is 1. The van der Waals surface area contributed by atoms with Gasteiger partial charge >= 0.3 is 0 Å².